The summed E-state index contributed by atoms with van der Waals surface area (Å²) >= 11 is 0.984. The van der Waals surface area contributed by atoms with Crippen LogP contribution in [0.4, 0.5) is 0 Å². The molecule has 0 aromatic rings. The SMILES string of the molecule is C/C=C/C[C@@H](C)[C@@H](O)[C@H]1C(=O)N[C@@H](CC)C(=O)N(C)[C@H](CSCC(=O)OC)C(=O)N(C)[C@@H](CC(C)C)C(=O)N[C@@H](C(C)C)C(=O)N(C)[C@@H](CC(C)C)C(=O)N[C@@H](C)C(=O)N[C@H](C)C(=O)N(C)[C@@H](CC(C)C)C(=O)N(C)[C@@H](CC(C)C)C(=O)N(C)[C@@H](C(C)C)C(=O)N1C. The number of allylic oxidation sites excluding steroid dienone is 2. The largest absolute Gasteiger partial charge is 0.468 e. The predicted molar refractivity (Wildman–Crippen MR) is 357 cm³/mol. The number of esters is 1. The number of likely N-dealkylation sites (N-methyl/N-ethyl adjacent to an activating group) is 7. The highest BCUT2D eigenvalue weighted by Crippen LogP contribution is 2.26. The number of hydrogen-bond acceptors (Lipinski definition) is 15. The second kappa shape index (κ2) is 38.8. The van der Waals surface area contributed by atoms with Crippen LogP contribution in [0.25, 0.3) is 0 Å². The van der Waals surface area contributed by atoms with Crippen molar-refractivity contribution in [2.75, 3.05) is 67.9 Å². The maximum atomic E-state index is 15.3. The van der Waals surface area contributed by atoms with E-state index in [0.717, 1.165) is 21.6 Å². The van der Waals surface area contributed by atoms with E-state index >= 15 is 28.8 Å². The summed E-state index contributed by atoms with van der Waals surface area (Å²) in [4.78, 5) is 184. The number of hydrogen-bond donors (Lipinski definition) is 5. The average Bonchev–Trinajstić information content (AvgIpc) is 0.814. The summed E-state index contributed by atoms with van der Waals surface area (Å²) in [6.07, 6.45) is 2.68. The van der Waals surface area contributed by atoms with Crippen molar-refractivity contribution in [2.45, 2.75) is 229 Å². The predicted octanol–water partition coefficient (Wildman–Crippen LogP) is 3.54. The average molecular weight is 1320 g/mol. The Bertz CT molecular complexity index is 2550. The number of methoxy groups -OCH3 is 1. The van der Waals surface area contributed by atoms with Crippen LogP contribution in [-0.2, 0) is 62.3 Å². The fourth-order valence-corrected chi connectivity index (χ4v) is 12.3. The Kier molecular flexibility index (Phi) is 35.3. The van der Waals surface area contributed by atoms with Crippen molar-refractivity contribution in [2.24, 2.45) is 41.4 Å². The van der Waals surface area contributed by atoms with Crippen LogP contribution in [0, 0.1) is 41.4 Å². The molecular formula is C66H117N11O14S. The lowest BCUT2D eigenvalue weighted by Crippen LogP contribution is -2.64. The Balaban J connectivity index is 4.54. The van der Waals surface area contributed by atoms with Crippen molar-refractivity contribution in [1.29, 1.82) is 0 Å². The number of rotatable bonds is 19. The molecule has 92 heavy (non-hydrogen) atoms. The van der Waals surface area contributed by atoms with Crippen molar-refractivity contribution in [3.8, 4) is 0 Å². The molecule has 0 aliphatic carbocycles. The van der Waals surface area contributed by atoms with Gasteiger partial charge in [0.05, 0.1) is 19.0 Å². The third-order valence-corrected chi connectivity index (χ3v) is 18.1. The minimum atomic E-state index is -1.68. The van der Waals surface area contributed by atoms with Gasteiger partial charge in [0, 0.05) is 55.1 Å². The van der Waals surface area contributed by atoms with Crippen LogP contribution in [0.5, 0.6) is 0 Å². The van der Waals surface area contributed by atoms with Crippen molar-refractivity contribution in [3.63, 3.8) is 0 Å². The van der Waals surface area contributed by atoms with Gasteiger partial charge in [-0.1, -0.05) is 109 Å². The first-order valence-corrected chi connectivity index (χ1v) is 33.7. The number of aliphatic hydroxyl groups excluding tert-OH is 1. The summed E-state index contributed by atoms with van der Waals surface area (Å²) in [5.74, 6) is -11.5. The van der Waals surface area contributed by atoms with Crippen LogP contribution in [0.2, 0.25) is 0 Å². The molecule has 0 aromatic heterocycles. The zero-order chi connectivity index (χ0) is 71.3. The second-order valence-electron chi connectivity index (χ2n) is 27.4. The van der Waals surface area contributed by atoms with E-state index in [2.05, 4.69) is 21.3 Å². The van der Waals surface area contributed by atoms with Gasteiger partial charge in [-0.05, 0) is 101 Å². The van der Waals surface area contributed by atoms with Gasteiger partial charge in [-0.25, -0.2) is 0 Å². The molecule has 0 spiro atoms. The quantitative estimate of drug-likeness (QED) is 0.0913. The smallest absolute Gasteiger partial charge is 0.315 e. The maximum Gasteiger partial charge on any atom is 0.315 e. The summed E-state index contributed by atoms with van der Waals surface area (Å²) in [5, 5.41) is 23.3. The van der Waals surface area contributed by atoms with Gasteiger partial charge in [0.2, 0.25) is 65.0 Å². The lowest BCUT2D eigenvalue weighted by Gasteiger charge is -2.41. The van der Waals surface area contributed by atoms with Crippen LogP contribution < -0.4 is 21.3 Å². The number of nitrogens with one attached hydrogen (secondary N) is 4. The number of carbonyl (C=O) groups excluding carboxylic acids is 12. The first-order valence-electron chi connectivity index (χ1n) is 32.6. The van der Waals surface area contributed by atoms with E-state index in [-0.39, 0.29) is 73.7 Å². The number of aliphatic hydroxyl groups is 1. The van der Waals surface area contributed by atoms with E-state index in [9.17, 15) is 33.9 Å². The van der Waals surface area contributed by atoms with E-state index in [1.54, 1.807) is 60.6 Å². The molecule has 1 aliphatic rings. The Hall–Kier alpha value is -6.31. The summed E-state index contributed by atoms with van der Waals surface area (Å²) in [5.41, 5.74) is 0. The highest BCUT2D eigenvalue weighted by molar-refractivity contribution is 8.00. The third-order valence-electron chi connectivity index (χ3n) is 17.1. The Morgan fingerprint density at radius 2 is 0.891 bits per heavy atom. The van der Waals surface area contributed by atoms with Gasteiger partial charge in [-0.3, -0.25) is 57.5 Å². The fourth-order valence-electron chi connectivity index (χ4n) is 11.3. The number of ether oxygens (including phenoxy) is 1. The van der Waals surface area contributed by atoms with Crippen LogP contribution in [-0.4, -0.2) is 251 Å². The standard InChI is InChI=1S/C66H117N11O14S/c1-26-28-29-42(15)55(79)54-59(83)69-45(27-2)61(85)75(22)50(34-92-35-51(78)91-25)64(88)71(18)47(31-37(5)6)58(82)70-52(40(11)12)65(89)72(19)46(30-36(3)4)57(81)67-43(16)56(80)68-44(17)60(84)73(20)48(32-38(7)8)62(86)74(21)49(33-39(9)10)63(87)76(23)53(41(13)14)66(90)77(54)24/h26,28,36-50,52-55,79H,27,29-35H2,1-25H3,(H,67,81)(H,68,80)(H,69,83)(H,70,82)/b28-26+/t42-,43+,44-,45+,46+,47+,48+,49+,50-,52+,53+,54+,55-/m1/s1. The topological polar surface area (TPSA) is 305 Å². The molecule has 0 saturated carbocycles. The Morgan fingerprint density at radius 1 is 0.489 bits per heavy atom. The van der Waals surface area contributed by atoms with Crippen molar-refractivity contribution < 1.29 is 67.4 Å². The molecule has 1 rings (SSSR count). The fraction of sp³-hybridized carbons (Fsp3) is 0.788. The first kappa shape index (κ1) is 83.7. The first-order chi connectivity index (χ1) is 42.6. The molecule has 1 fully saturated rings. The molecule has 526 valence electrons. The summed E-state index contributed by atoms with van der Waals surface area (Å²) in [6.45, 7) is 29.6. The van der Waals surface area contributed by atoms with Gasteiger partial charge >= 0.3 is 5.97 Å². The summed E-state index contributed by atoms with van der Waals surface area (Å²) in [6, 6.07) is -14.3. The van der Waals surface area contributed by atoms with Gasteiger partial charge in [0.1, 0.15) is 66.5 Å². The molecule has 0 radical (unpaired) electrons. The van der Waals surface area contributed by atoms with Crippen molar-refractivity contribution in [3.05, 3.63) is 12.2 Å². The molecule has 1 aliphatic heterocycles. The molecule has 26 heteroatoms. The van der Waals surface area contributed by atoms with Crippen LogP contribution in [0.1, 0.15) is 156 Å². The van der Waals surface area contributed by atoms with E-state index in [1.807, 2.05) is 55.4 Å². The number of nitrogens with zero attached hydrogens (tertiary/aromatic N) is 7. The molecule has 1 saturated heterocycles. The monoisotopic (exact) mass is 1320 g/mol. The lowest BCUT2D eigenvalue weighted by atomic mass is 9.91. The molecule has 5 N–H and O–H groups in total. The van der Waals surface area contributed by atoms with Crippen LogP contribution in [0.3, 0.4) is 0 Å². The van der Waals surface area contributed by atoms with Gasteiger partial charge < -0.3 is 65.4 Å². The summed E-state index contributed by atoms with van der Waals surface area (Å²) in [7, 11) is 11.0. The highest BCUT2D eigenvalue weighted by atomic mass is 32.2. The van der Waals surface area contributed by atoms with Gasteiger partial charge in [0.25, 0.3) is 0 Å². The Morgan fingerprint density at radius 3 is 1.34 bits per heavy atom. The molecular weight excluding hydrogens is 1200 g/mol. The molecule has 25 nitrogen and oxygen atoms in total. The number of carbonyl (C=O) groups is 12. The normalized spacial score (nSPS) is 26.5. The van der Waals surface area contributed by atoms with E-state index in [4.69, 9.17) is 4.74 Å². The Labute approximate surface area is 553 Å². The second-order valence-corrected chi connectivity index (χ2v) is 28.4. The van der Waals surface area contributed by atoms with Crippen LogP contribution in [0.15, 0.2) is 12.2 Å². The van der Waals surface area contributed by atoms with E-state index in [1.165, 1.54) is 94.8 Å². The third kappa shape index (κ3) is 23.6. The zero-order valence-electron chi connectivity index (χ0n) is 60.1. The molecule has 1 heterocycles. The van der Waals surface area contributed by atoms with Gasteiger partial charge in [-0.15, -0.1) is 11.8 Å². The van der Waals surface area contributed by atoms with Gasteiger partial charge in [0.15, 0.2) is 0 Å². The highest BCUT2D eigenvalue weighted by Gasteiger charge is 2.46. The molecule has 0 unspecified atom stereocenters. The minimum absolute atomic E-state index is 0.0585. The molecule has 0 bridgehead atoms. The van der Waals surface area contributed by atoms with Crippen molar-refractivity contribution >= 4 is 82.7 Å². The molecule has 11 amide bonds. The van der Waals surface area contributed by atoms with Crippen molar-refractivity contribution in [1.82, 2.24) is 55.6 Å². The van der Waals surface area contributed by atoms with Gasteiger partial charge in [-0.2, -0.15) is 0 Å². The molecule has 0 aromatic carbocycles. The van der Waals surface area contributed by atoms with E-state index in [0.29, 0.717) is 0 Å². The van der Waals surface area contributed by atoms with E-state index < -0.39 is 161 Å². The minimum Gasteiger partial charge on any atom is -0.468 e. The molecule has 13 atom stereocenters. The number of thioether (sulfide) groups is 1. The summed E-state index contributed by atoms with van der Waals surface area (Å²) < 4.78 is 4.87. The van der Waals surface area contributed by atoms with Crippen LogP contribution >= 0.6 is 11.8 Å². The zero-order valence-corrected chi connectivity index (χ0v) is 60.9. The number of amides is 11. The lowest BCUT2D eigenvalue weighted by molar-refractivity contribution is -0.157. The maximum absolute atomic E-state index is 15.3.